The molecule has 0 aliphatic carbocycles. The fourth-order valence-corrected chi connectivity index (χ4v) is 1.36. The van der Waals surface area contributed by atoms with Crippen molar-refractivity contribution >= 4 is 5.69 Å². The Morgan fingerprint density at radius 1 is 1.43 bits per heavy atom. The van der Waals surface area contributed by atoms with Crippen LogP contribution in [0.2, 0.25) is 0 Å². The van der Waals surface area contributed by atoms with E-state index in [2.05, 4.69) is 37.4 Å². The number of nitriles is 1. The third-order valence-electron chi connectivity index (χ3n) is 2.34. The van der Waals surface area contributed by atoms with Gasteiger partial charge < -0.3 is 5.32 Å². The second-order valence-corrected chi connectivity index (χ2v) is 3.43. The van der Waals surface area contributed by atoms with Crippen LogP contribution in [-0.2, 0) is 0 Å². The normalized spacial score (nSPS) is 11.8. The highest BCUT2D eigenvalue weighted by Crippen LogP contribution is 2.16. The molecule has 2 heteroatoms. The van der Waals surface area contributed by atoms with Gasteiger partial charge in [0, 0.05) is 11.7 Å². The zero-order valence-electron chi connectivity index (χ0n) is 8.75. The summed E-state index contributed by atoms with van der Waals surface area (Å²) in [6.45, 7) is 4.16. The van der Waals surface area contributed by atoms with E-state index in [0.29, 0.717) is 6.42 Å². The fourth-order valence-electron chi connectivity index (χ4n) is 1.36. The minimum absolute atomic E-state index is 0.265. The molecular formula is C12H16N2. The van der Waals surface area contributed by atoms with Gasteiger partial charge in [0.15, 0.2) is 0 Å². The number of benzene rings is 1. The van der Waals surface area contributed by atoms with Gasteiger partial charge in [-0.25, -0.2) is 0 Å². The minimum atomic E-state index is 0.265. The molecule has 0 fully saturated rings. The Morgan fingerprint density at radius 3 is 2.71 bits per heavy atom. The first-order valence-corrected chi connectivity index (χ1v) is 4.97. The quantitative estimate of drug-likeness (QED) is 0.788. The first kappa shape index (κ1) is 10.6. The molecule has 1 aromatic rings. The molecule has 0 saturated carbocycles. The van der Waals surface area contributed by atoms with E-state index >= 15 is 0 Å². The summed E-state index contributed by atoms with van der Waals surface area (Å²) in [5, 5.41) is 12.0. The summed E-state index contributed by atoms with van der Waals surface area (Å²) < 4.78 is 0. The first-order valence-electron chi connectivity index (χ1n) is 4.97. The van der Waals surface area contributed by atoms with Crippen LogP contribution in [0.4, 0.5) is 5.69 Å². The van der Waals surface area contributed by atoms with Crippen molar-refractivity contribution in [3.8, 4) is 6.07 Å². The van der Waals surface area contributed by atoms with Crippen LogP contribution in [0.5, 0.6) is 0 Å². The second-order valence-electron chi connectivity index (χ2n) is 3.43. The van der Waals surface area contributed by atoms with Crippen molar-refractivity contribution in [2.75, 3.05) is 5.32 Å². The largest absolute Gasteiger partial charge is 0.381 e. The van der Waals surface area contributed by atoms with Crippen molar-refractivity contribution in [2.45, 2.75) is 32.7 Å². The number of nitrogens with one attached hydrogen (secondary N) is 1. The zero-order chi connectivity index (χ0) is 10.4. The number of hydrogen-bond acceptors (Lipinski definition) is 2. The maximum absolute atomic E-state index is 8.63. The lowest BCUT2D eigenvalue weighted by Crippen LogP contribution is -2.18. The van der Waals surface area contributed by atoms with Gasteiger partial charge in [0.2, 0.25) is 0 Å². The van der Waals surface area contributed by atoms with E-state index in [0.717, 1.165) is 12.1 Å². The molecule has 0 aliphatic heterocycles. The summed E-state index contributed by atoms with van der Waals surface area (Å²) in [6, 6.07) is 10.6. The smallest absolute Gasteiger partial charge is 0.0643 e. The molecule has 1 rings (SSSR count). The number of anilines is 1. The molecule has 0 saturated heterocycles. The Labute approximate surface area is 85.6 Å². The lowest BCUT2D eigenvalue weighted by atomic mass is 10.1. The van der Waals surface area contributed by atoms with Crippen LogP contribution in [0.15, 0.2) is 24.3 Å². The third kappa shape index (κ3) is 2.77. The van der Waals surface area contributed by atoms with Gasteiger partial charge in [-0.15, -0.1) is 0 Å². The van der Waals surface area contributed by atoms with Gasteiger partial charge >= 0.3 is 0 Å². The first-order chi connectivity index (χ1) is 6.77. The molecule has 0 aromatic heterocycles. The Bertz CT molecular complexity index is 325. The Kier molecular flexibility index (Phi) is 4.00. The second kappa shape index (κ2) is 5.29. The molecule has 1 unspecified atom stereocenters. The van der Waals surface area contributed by atoms with Crippen molar-refractivity contribution in [2.24, 2.45) is 0 Å². The standard InChI is InChI=1S/C12H16N2/c1-3-11(8-9-13)14-12-7-5-4-6-10(12)2/h4-7,11,14H,3,8H2,1-2H3. The molecule has 1 atom stereocenters. The van der Waals surface area contributed by atoms with E-state index in [4.69, 9.17) is 5.26 Å². The molecular weight excluding hydrogens is 172 g/mol. The van der Waals surface area contributed by atoms with Crippen molar-refractivity contribution in [3.05, 3.63) is 29.8 Å². The maximum atomic E-state index is 8.63. The van der Waals surface area contributed by atoms with Gasteiger partial charge in [0.05, 0.1) is 12.5 Å². The van der Waals surface area contributed by atoms with Crippen molar-refractivity contribution in [1.29, 1.82) is 5.26 Å². The van der Waals surface area contributed by atoms with Gasteiger partial charge in [0.25, 0.3) is 0 Å². The van der Waals surface area contributed by atoms with E-state index in [1.54, 1.807) is 0 Å². The summed E-state index contributed by atoms with van der Waals surface area (Å²) in [6.07, 6.45) is 1.53. The molecule has 0 radical (unpaired) electrons. The summed E-state index contributed by atoms with van der Waals surface area (Å²) in [5.74, 6) is 0. The summed E-state index contributed by atoms with van der Waals surface area (Å²) in [4.78, 5) is 0. The molecule has 0 spiro atoms. The molecule has 1 N–H and O–H groups in total. The SMILES string of the molecule is CCC(CC#N)Nc1ccccc1C. The van der Waals surface area contributed by atoms with E-state index in [9.17, 15) is 0 Å². The Balaban J connectivity index is 2.68. The summed E-state index contributed by atoms with van der Waals surface area (Å²) >= 11 is 0. The van der Waals surface area contributed by atoms with E-state index in [-0.39, 0.29) is 6.04 Å². The highest BCUT2D eigenvalue weighted by molar-refractivity contribution is 5.50. The average molecular weight is 188 g/mol. The van der Waals surface area contributed by atoms with Crippen molar-refractivity contribution in [1.82, 2.24) is 0 Å². The predicted octanol–water partition coefficient (Wildman–Crippen LogP) is 3.10. The number of aryl methyl sites for hydroxylation is 1. The molecule has 0 heterocycles. The van der Waals surface area contributed by atoms with Gasteiger partial charge in [0.1, 0.15) is 0 Å². The van der Waals surface area contributed by atoms with Crippen LogP contribution in [0.1, 0.15) is 25.3 Å². The van der Waals surface area contributed by atoms with E-state index in [1.807, 2.05) is 12.1 Å². The monoisotopic (exact) mass is 188 g/mol. The van der Waals surface area contributed by atoms with Gasteiger partial charge in [-0.2, -0.15) is 5.26 Å². The number of nitrogens with zero attached hydrogens (tertiary/aromatic N) is 1. The summed E-state index contributed by atoms with van der Waals surface area (Å²) in [7, 11) is 0. The maximum Gasteiger partial charge on any atom is 0.0643 e. The molecule has 2 nitrogen and oxygen atoms in total. The highest BCUT2D eigenvalue weighted by atomic mass is 14.9. The minimum Gasteiger partial charge on any atom is -0.381 e. The van der Waals surface area contributed by atoms with E-state index in [1.165, 1.54) is 5.56 Å². The lowest BCUT2D eigenvalue weighted by Gasteiger charge is -2.16. The number of rotatable bonds is 4. The molecule has 14 heavy (non-hydrogen) atoms. The van der Waals surface area contributed by atoms with Crippen LogP contribution in [0.3, 0.4) is 0 Å². The zero-order valence-corrected chi connectivity index (χ0v) is 8.75. The third-order valence-corrected chi connectivity index (χ3v) is 2.34. The number of para-hydroxylation sites is 1. The summed E-state index contributed by atoms with van der Waals surface area (Å²) in [5.41, 5.74) is 2.36. The predicted molar refractivity (Wildman–Crippen MR) is 59.1 cm³/mol. The molecule has 0 aliphatic rings. The van der Waals surface area contributed by atoms with Crippen LogP contribution >= 0.6 is 0 Å². The van der Waals surface area contributed by atoms with Crippen LogP contribution in [-0.4, -0.2) is 6.04 Å². The van der Waals surface area contributed by atoms with Crippen molar-refractivity contribution in [3.63, 3.8) is 0 Å². The van der Waals surface area contributed by atoms with E-state index < -0.39 is 0 Å². The van der Waals surface area contributed by atoms with Crippen LogP contribution in [0.25, 0.3) is 0 Å². The fraction of sp³-hybridized carbons (Fsp3) is 0.417. The van der Waals surface area contributed by atoms with Gasteiger partial charge in [-0.3, -0.25) is 0 Å². The van der Waals surface area contributed by atoms with Crippen LogP contribution < -0.4 is 5.32 Å². The number of hydrogen-bond donors (Lipinski definition) is 1. The van der Waals surface area contributed by atoms with Crippen LogP contribution in [0, 0.1) is 18.3 Å². The molecule has 0 amide bonds. The Hall–Kier alpha value is -1.49. The Morgan fingerprint density at radius 2 is 2.14 bits per heavy atom. The molecule has 74 valence electrons. The van der Waals surface area contributed by atoms with Gasteiger partial charge in [-0.1, -0.05) is 25.1 Å². The van der Waals surface area contributed by atoms with Gasteiger partial charge in [-0.05, 0) is 25.0 Å². The topological polar surface area (TPSA) is 35.8 Å². The average Bonchev–Trinajstić information content (AvgIpc) is 2.20. The molecule has 1 aromatic carbocycles. The van der Waals surface area contributed by atoms with Crippen molar-refractivity contribution < 1.29 is 0 Å². The highest BCUT2D eigenvalue weighted by Gasteiger charge is 2.05. The molecule has 0 bridgehead atoms. The lowest BCUT2D eigenvalue weighted by molar-refractivity contribution is 0.710.